The maximum Gasteiger partial charge on any atom is 0.224 e. The summed E-state index contributed by atoms with van der Waals surface area (Å²) >= 11 is 0. The molecule has 2 N–H and O–H groups in total. The summed E-state index contributed by atoms with van der Waals surface area (Å²) in [5, 5.41) is 2.86. The second kappa shape index (κ2) is 8.12. The molecule has 1 aliphatic rings. The molecule has 1 saturated heterocycles. The number of carbonyl (C=O) groups is 1. The van der Waals surface area contributed by atoms with Crippen LogP contribution >= 0.6 is 0 Å². The first-order chi connectivity index (χ1) is 12.2. The van der Waals surface area contributed by atoms with Crippen molar-refractivity contribution < 1.29 is 14.1 Å². The van der Waals surface area contributed by atoms with E-state index in [1.807, 2.05) is 43.3 Å². The van der Waals surface area contributed by atoms with E-state index in [0.29, 0.717) is 6.42 Å². The van der Waals surface area contributed by atoms with Gasteiger partial charge in [-0.2, -0.15) is 0 Å². The maximum absolute atomic E-state index is 13.8. The molecule has 25 heavy (non-hydrogen) atoms. The van der Waals surface area contributed by atoms with Crippen LogP contribution in [0.25, 0.3) is 0 Å². The van der Waals surface area contributed by atoms with Gasteiger partial charge in [-0.25, -0.2) is 4.39 Å². The van der Waals surface area contributed by atoms with Crippen molar-refractivity contribution >= 4 is 17.3 Å². The zero-order valence-corrected chi connectivity index (χ0v) is 14.6. The van der Waals surface area contributed by atoms with Crippen LogP contribution in [-0.2, 0) is 11.3 Å². The Bertz CT molecular complexity index is 709. The molecule has 2 aromatic carbocycles. The van der Waals surface area contributed by atoms with Gasteiger partial charge in [0.2, 0.25) is 5.91 Å². The highest BCUT2D eigenvalue weighted by molar-refractivity contribution is 5.90. The average Bonchev–Trinajstić information content (AvgIpc) is 2.65. The standard InChI is InChI=1S/C20H24FN3O/c1-2-20(25)22-17-7-9-18(10-8-17)24-13-11-23(12-14-24)15-16-5-3-4-6-19(16)21/h3-10H,2,11-15H2,1H3,(H,22,25)/p+1. The van der Waals surface area contributed by atoms with Gasteiger partial charge in [-0.3, -0.25) is 4.79 Å². The number of nitrogens with one attached hydrogen (secondary N) is 2. The van der Waals surface area contributed by atoms with Gasteiger partial charge in [-0.1, -0.05) is 25.1 Å². The van der Waals surface area contributed by atoms with Gasteiger partial charge in [0, 0.05) is 23.4 Å². The van der Waals surface area contributed by atoms with E-state index in [1.165, 1.54) is 16.7 Å². The van der Waals surface area contributed by atoms with Crippen molar-refractivity contribution in [1.82, 2.24) is 0 Å². The molecule has 0 unspecified atom stereocenters. The molecule has 1 heterocycles. The quantitative estimate of drug-likeness (QED) is 0.873. The normalized spacial score (nSPS) is 15.2. The summed E-state index contributed by atoms with van der Waals surface area (Å²) in [6, 6.07) is 15.0. The first-order valence-electron chi connectivity index (χ1n) is 8.87. The molecule has 1 fully saturated rings. The molecule has 4 nitrogen and oxygen atoms in total. The molecule has 0 atom stereocenters. The molecule has 0 spiro atoms. The fraction of sp³-hybridized carbons (Fsp3) is 0.350. The van der Waals surface area contributed by atoms with Crippen molar-refractivity contribution in [2.75, 3.05) is 36.4 Å². The number of halogens is 1. The highest BCUT2D eigenvalue weighted by Gasteiger charge is 2.21. The average molecular weight is 342 g/mol. The van der Waals surface area contributed by atoms with Crippen LogP contribution in [0.2, 0.25) is 0 Å². The first-order valence-corrected chi connectivity index (χ1v) is 8.87. The number of carbonyl (C=O) groups excluding carboxylic acids is 1. The lowest BCUT2D eigenvalue weighted by Crippen LogP contribution is -3.13. The lowest BCUT2D eigenvalue weighted by Gasteiger charge is -2.33. The van der Waals surface area contributed by atoms with Crippen LogP contribution in [0.5, 0.6) is 0 Å². The van der Waals surface area contributed by atoms with Crippen molar-refractivity contribution in [2.24, 2.45) is 0 Å². The Morgan fingerprint density at radius 2 is 1.80 bits per heavy atom. The van der Waals surface area contributed by atoms with Crippen molar-refractivity contribution in [3.63, 3.8) is 0 Å². The predicted octanol–water partition coefficient (Wildman–Crippen LogP) is 2.08. The number of rotatable bonds is 5. The zero-order valence-electron chi connectivity index (χ0n) is 14.6. The third-order valence-electron chi connectivity index (χ3n) is 4.71. The summed E-state index contributed by atoms with van der Waals surface area (Å²) in [6.45, 7) is 6.45. The van der Waals surface area contributed by atoms with Crippen LogP contribution in [0.15, 0.2) is 48.5 Å². The number of hydrogen-bond acceptors (Lipinski definition) is 2. The summed E-state index contributed by atoms with van der Waals surface area (Å²) in [5.41, 5.74) is 2.79. The smallest absolute Gasteiger partial charge is 0.224 e. The molecular weight excluding hydrogens is 317 g/mol. The van der Waals surface area contributed by atoms with Crippen LogP contribution in [0, 0.1) is 5.82 Å². The molecule has 0 saturated carbocycles. The molecular formula is C20H25FN3O+. The molecule has 3 rings (SSSR count). The minimum absolute atomic E-state index is 0.0260. The van der Waals surface area contributed by atoms with E-state index in [1.54, 1.807) is 6.07 Å². The van der Waals surface area contributed by atoms with Crippen molar-refractivity contribution in [2.45, 2.75) is 19.9 Å². The molecule has 5 heteroatoms. The Hall–Kier alpha value is -2.40. The molecule has 0 aliphatic carbocycles. The van der Waals surface area contributed by atoms with E-state index < -0.39 is 0 Å². The predicted molar refractivity (Wildman–Crippen MR) is 98.4 cm³/mol. The SMILES string of the molecule is CCC(=O)Nc1ccc(N2CC[NH+](Cc3ccccc3F)CC2)cc1. The highest BCUT2D eigenvalue weighted by Crippen LogP contribution is 2.18. The summed E-state index contributed by atoms with van der Waals surface area (Å²) in [5.74, 6) is -0.0831. The second-order valence-electron chi connectivity index (χ2n) is 6.45. The molecule has 0 radical (unpaired) electrons. The first kappa shape index (κ1) is 17.4. The summed E-state index contributed by atoms with van der Waals surface area (Å²) in [7, 11) is 0. The minimum atomic E-state index is -0.109. The number of piperazine rings is 1. The summed E-state index contributed by atoms with van der Waals surface area (Å²) in [4.78, 5) is 15.2. The van der Waals surface area contributed by atoms with Gasteiger partial charge < -0.3 is 15.1 Å². The van der Waals surface area contributed by atoms with E-state index in [-0.39, 0.29) is 11.7 Å². The monoisotopic (exact) mass is 342 g/mol. The second-order valence-corrected chi connectivity index (χ2v) is 6.45. The van der Waals surface area contributed by atoms with Crippen LogP contribution in [0.1, 0.15) is 18.9 Å². The van der Waals surface area contributed by atoms with E-state index >= 15 is 0 Å². The van der Waals surface area contributed by atoms with E-state index in [2.05, 4.69) is 10.2 Å². The lowest BCUT2D eigenvalue weighted by atomic mass is 10.1. The van der Waals surface area contributed by atoms with Gasteiger partial charge in [-0.15, -0.1) is 0 Å². The summed E-state index contributed by atoms with van der Waals surface area (Å²) < 4.78 is 13.8. The van der Waals surface area contributed by atoms with Gasteiger partial charge in [-0.05, 0) is 30.3 Å². The fourth-order valence-electron chi connectivity index (χ4n) is 3.17. The zero-order chi connectivity index (χ0) is 17.6. The largest absolute Gasteiger partial charge is 0.360 e. The number of benzene rings is 2. The van der Waals surface area contributed by atoms with E-state index in [0.717, 1.165) is 44.0 Å². The van der Waals surface area contributed by atoms with Gasteiger partial charge in [0.05, 0.1) is 26.2 Å². The Morgan fingerprint density at radius 1 is 1.12 bits per heavy atom. The molecule has 0 aromatic heterocycles. The Morgan fingerprint density at radius 3 is 2.44 bits per heavy atom. The number of amides is 1. The number of nitrogens with zero attached hydrogens (tertiary/aromatic N) is 1. The van der Waals surface area contributed by atoms with Crippen LogP contribution in [-0.4, -0.2) is 32.1 Å². The maximum atomic E-state index is 13.8. The molecule has 1 amide bonds. The lowest BCUT2D eigenvalue weighted by molar-refractivity contribution is -0.914. The molecule has 1 aliphatic heterocycles. The Balaban J connectivity index is 1.53. The Labute approximate surface area is 148 Å². The van der Waals surface area contributed by atoms with Gasteiger partial charge in [0.25, 0.3) is 0 Å². The third-order valence-corrected chi connectivity index (χ3v) is 4.71. The van der Waals surface area contributed by atoms with E-state index in [9.17, 15) is 9.18 Å². The van der Waals surface area contributed by atoms with Gasteiger partial charge in [0.1, 0.15) is 12.4 Å². The molecule has 132 valence electrons. The third kappa shape index (κ3) is 4.57. The van der Waals surface area contributed by atoms with Gasteiger partial charge >= 0.3 is 0 Å². The van der Waals surface area contributed by atoms with Crippen LogP contribution in [0.4, 0.5) is 15.8 Å². The van der Waals surface area contributed by atoms with Crippen molar-refractivity contribution in [3.05, 3.63) is 59.9 Å². The topological polar surface area (TPSA) is 36.8 Å². The molecule has 2 aromatic rings. The van der Waals surface area contributed by atoms with Crippen LogP contribution < -0.4 is 15.1 Å². The number of quaternary nitrogens is 1. The molecule has 0 bridgehead atoms. The van der Waals surface area contributed by atoms with E-state index in [4.69, 9.17) is 0 Å². The van der Waals surface area contributed by atoms with Gasteiger partial charge in [0.15, 0.2) is 0 Å². The van der Waals surface area contributed by atoms with Crippen molar-refractivity contribution in [3.8, 4) is 0 Å². The minimum Gasteiger partial charge on any atom is -0.360 e. The summed E-state index contributed by atoms with van der Waals surface area (Å²) in [6.07, 6.45) is 0.481. The highest BCUT2D eigenvalue weighted by atomic mass is 19.1. The van der Waals surface area contributed by atoms with Crippen molar-refractivity contribution in [1.29, 1.82) is 0 Å². The van der Waals surface area contributed by atoms with Crippen LogP contribution in [0.3, 0.4) is 0 Å². The Kier molecular flexibility index (Phi) is 5.66. The fourth-order valence-corrected chi connectivity index (χ4v) is 3.17. The number of anilines is 2. The number of hydrogen-bond donors (Lipinski definition) is 2.